The number of hydrogen-bond acceptors (Lipinski definition) is 9. The molecule has 2 rings (SSSR count). The highest BCUT2D eigenvalue weighted by atomic mass is 32.2. The van der Waals surface area contributed by atoms with Gasteiger partial charge in [0.15, 0.2) is 0 Å². The molecule has 0 saturated carbocycles. The predicted molar refractivity (Wildman–Crippen MR) is 103 cm³/mol. The van der Waals surface area contributed by atoms with E-state index in [1.54, 1.807) is 6.26 Å². The van der Waals surface area contributed by atoms with Crippen LogP contribution in [-0.4, -0.2) is 92.2 Å². The second kappa shape index (κ2) is 10.2. The summed E-state index contributed by atoms with van der Waals surface area (Å²) in [5.41, 5.74) is -0.824. The van der Waals surface area contributed by atoms with Crippen LogP contribution in [-0.2, 0) is 9.53 Å². The number of nitrogens with zero attached hydrogens (tertiary/aromatic N) is 2. The van der Waals surface area contributed by atoms with Gasteiger partial charge in [0, 0.05) is 6.54 Å². The van der Waals surface area contributed by atoms with Crippen LogP contribution in [0.2, 0.25) is 0 Å². The number of carbonyl (C=O) groups is 1. The molecule has 1 amide bonds. The van der Waals surface area contributed by atoms with Gasteiger partial charge in [0.1, 0.15) is 35.9 Å². The third kappa shape index (κ3) is 4.95. The Morgan fingerprint density at radius 3 is 2.54 bits per heavy atom. The molecule has 0 aromatic rings. The van der Waals surface area contributed by atoms with Crippen molar-refractivity contribution in [3.8, 4) is 0 Å². The van der Waals surface area contributed by atoms with Gasteiger partial charge in [-0.2, -0.15) is 0 Å². The van der Waals surface area contributed by atoms with E-state index in [0.29, 0.717) is 13.0 Å². The molecule has 2 saturated heterocycles. The Hall–Kier alpha value is -0.980. The molecule has 28 heavy (non-hydrogen) atoms. The SMILES string of the molecule is CCC[C@@H]1C[C@@H](C(=O)N[C@@H]([C@H]2O[C@H](SC)[C@H](O)[C@@H](O)[C@H]2O)[C@@H](C)O)N(N=O)C1. The van der Waals surface area contributed by atoms with Gasteiger partial charge in [0.05, 0.1) is 17.4 Å². The molecule has 0 radical (unpaired) electrons. The zero-order valence-corrected chi connectivity index (χ0v) is 17.2. The van der Waals surface area contributed by atoms with Gasteiger partial charge in [-0.25, -0.2) is 5.01 Å². The average Bonchev–Trinajstić information content (AvgIpc) is 3.08. The number of nitroso groups, excluding NO2 is 1. The van der Waals surface area contributed by atoms with E-state index in [2.05, 4.69) is 10.6 Å². The molecule has 2 aliphatic heterocycles. The first-order valence-corrected chi connectivity index (χ1v) is 10.8. The van der Waals surface area contributed by atoms with Gasteiger partial charge in [-0.05, 0) is 31.9 Å². The monoisotopic (exact) mass is 421 g/mol. The lowest BCUT2D eigenvalue weighted by atomic mass is 9.92. The van der Waals surface area contributed by atoms with Crippen molar-refractivity contribution in [3.63, 3.8) is 0 Å². The number of ether oxygens (including phenoxy) is 1. The van der Waals surface area contributed by atoms with Crippen LogP contribution >= 0.6 is 11.8 Å². The summed E-state index contributed by atoms with van der Waals surface area (Å²) in [6.07, 6.45) is -2.58. The zero-order valence-electron chi connectivity index (χ0n) is 16.3. The van der Waals surface area contributed by atoms with Crippen LogP contribution in [0.4, 0.5) is 0 Å². The lowest BCUT2D eigenvalue weighted by Crippen LogP contribution is -2.65. The lowest BCUT2D eigenvalue weighted by Gasteiger charge is -2.44. The van der Waals surface area contributed by atoms with E-state index in [9.17, 15) is 30.1 Å². The number of nitrogens with one attached hydrogen (secondary N) is 1. The van der Waals surface area contributed by atoms with Gasteiger partial charge in [0.2, 0.25) is 5.91 Å². The van der Waals surface area contributed by atoms with E-state index >= 15 is 0 Å². The summed E-state index contributed by atoms with van der Waals surface area (Å²) in [6, 6.07) is -1.80. The van der Waals surface area contributed by atoms with Crippen molar-refractivity contribution in [1.29, 1.82) is 0 Å². The molecule has 0 aromatic carbocycles. The van der Waals surface area contributed by atoms with E-state index in [1.165, 1.54) is 11.9 Å². The van der Waals surface area contributed by atoms with Crippen molar-refractivity contribution in [2.45, 2.75) is 81.1 Å². The van der Waals surface area contributed by atoms with Crippen LogP contribution in [0.25, 0.3) is 0 Å². The molecule has 5 N–H and O–H groups in total. The fraction of sp³-hybridized carbons (Fsp3) is 0.941. The highest BCUT2D eigenvalue weighted by Crippen LogP contribution is 2.31. The van der Waals surface area contributed by atoms with Gasteiger partial charge in [-0.1, -0.05) is 13.3 Å². The topological polar surface area (TPSA) is 152 Å². The van der Waals surface area contributed by atoms with Gasteiger partial charge in [-0.3, -0.25) is 4.79 Å². The molecule has 162 valence electrons. The highest BCUT2D eigenvalue weighted by Gasteiger charge is 2.48. The lowest BCUT2D eigenvalue weighted by molar-refractivity contribution is -0.211. The fourth-order valence-electron chi connectivity index (χ4n) is 3.96. The smallest absolute Gasteiger partial charge is 0.244 e. The molecular formula is C17H31N3O7S. The number of rotatable bonds is 8. The van der Waals surface area contributed by atoms with Gasteiger partial charge >= 0.3 is 0 Å². The summed E-state index contributed by atoms with van der Waals surface area (Å²) in [7, 11) is 0. The number of aliphatic hydroxyl groups excluding tert-OH is 4. The number of hydrogen-bond donors (Lipinski definition) is 5. The largest absolute Gasteiger partial charge is 0.391 e. The van der Waals surface area contributed by atoms with Crippen LogP contribution in [0.1, 0.15) is 33.1 Å². The van der Waals surface area contributed by atoms with Crippen molar-refractivity contribution in [2.24, 2.45) is 11.2 Å². The molecule has 11 heteroatoms. The second-order valence-corrected chi connectivity index (χ2v) is 8.50. The van der Waals surface area contributed by atoms with Gasteiger partial charge in [0.25, 0.3) is 0 Å². The maximum atomic E-state index is 12.8. The molecular weight excluding hydrogens is 390 g/mol. The number of thioether (sulfide) groups is 1. The van der Waals surface area contributed by atoms with Crippen LogP contribution in [0.3, 0.4) is 0 Å². The summed E-state index contributed by atoms with van der Waals surface area (Å²) in [5, 5.41) is 47.4. The van der Waals surface area contributed by atoms with Crippen LogP contribution in [0.5, 0.6) is 0 Å². The van der Waals surface area contributed by atoms with Crippen molar-refractivity contribution >= 4 is 17.7 Å². The van der Waals surface area contributed by atoms with Crippen molar-refractivity contribution < 1.29 is 30.0 Å². The molecule has 10 nitrogen and oxygen atoms in total. The van der Waals surface area contributed by atoms with Crippen molar-refractivity contribution in [2.75, 3.05) is 12.8 Å². The third-order valence-corrected chi connectivity index (χ3v) is 6.34. The zero-order chi connectivity index (χ0) is 21.0. The summed E-state index contributed by atoms with van der Waals surface area (Å²) >= 11 is 1.14. The Bertz CT molecular complexity index is 539. The van der Waals surface area contributed by atoms with Gasteiger partial charge < -0.3 is 30.5 Å². The van der Waals surface area contributed by atoms with E-state index in [4.69, 9.17) is 4.74 Å². The third-order valence-electron chi connectivity index (χ3n) is 5.49. The Morgan fingerprint density at radius 2 is 2.00 bits per heavy atom. The molecule has 0 aliphatic carbocycles. The summed E-state index contributed by atoms with van der Waals surface area (Å²) in [5.74, 6) is -0.320. The number of carbonyl (C=O) groups excluding carboxylic acids is 1. The Labute approximate surface area is 168 Å². The van der Waals surface area contributed by atoms with E-state index in [1.807, 2.05) is 6.92 Å². The molecule has 0 spiro atoms. The van der Waals surface area contributed by atoms with Gasteiger partial charge in [-0.15, -0.1) is 16.7 Å². The first-order valence-electron chi connectivity index (χ1n) is 9.55. The molecule has 2 fully saturated rings. The molecule has 2 heterocycles. The van der Waals surface area contributed by atoms with Crippen LogP contribution in [0.15, 0.2) is 5.29 Å². The number of amides is 1. The first-order chi connectivity index (χ1) is 13.2. The maximum Gasteiger partial charge on any atom is 0.244 e. The molecule has 0 aromatic heterocycles. The minimum atomic E-state index is -1.50. The molecule has 2 aliphatic rings. The molecule has 0 unspecified atom stereocenters. The Kier molecular flexibility index (Phi) is 8.46. The average molecular weight is 422 g/mol. The Balaban J connectivity index is 2.13. The minimum absolute atomic E-state index is 0.179. The van der Waals surface area contributed by atoms with E-state index in [0.717, 1.165) is 24.6 Å². The predicted octanol–water partition coefficient (Wildman–Crippen LogP) is -0.805. The summed E-state index contributed by atoms with van der Waals surface area (Å²) in [4.78, 5) is 23.9. The van der Waals surface area contributed by atoms with Crippen LogP contribution < -0.4 is 5.32 Å². The van der Waals surface area contributed by atoms with Crippen molar-refractivity contribution in [3.05, 3.63) is 4.91 Å². The quantitative estimate of drug-likeness (QED) is 0.317. The standard InChI is InChI=1S/C17H31N3O7S/c1-4-5-9-6-10(20(7-9)19-26)16(25)18-11(8(2)21)15-13(23)12(22)14(24)17(27-15)28-3/h8-15,17,21-24H,4-7H2,1-3H3,(H,18,25)/t8-,9-,10+,11-,12+,13-,14-,15-,17-/m1/s1. The fourth-order valence-corrected chi connectivity index (χ4v) is 4.64. The van der Waals surface area contributed by atoms with E-state index < -0.39 is 53.9 Å². The Morgan fingerprint density at radius 1 is 1.32 bits per heavy atom. The summed E-state index contributed by atoms with van der Waals surface area (Å²) in [6.45, 7) is 3.85. The highest BCUT2D eigenvalue weighted by molar-refractivity contribution is 7.99. The van der Waals surface area contributed by atoms with Crippen molar-refractivity contribution in [1.82, 2.24) is 10.3 Å². The second-order valence-electron chi connectivity index (χ2n) is 7.56. The molecule has 9 atom stereocenters. The normalized spacial score (nSPS) is 38.1. The molecule has 0 bridgehead atoms. The summed E-state index contributed by atoms with van der Waals surface area (Å²) < 4.78 is 5.66. The van der Waals surface area contributed by atoms with E-state index in [-0.39, 0.29) is 5.92 Å². The first kappa shape index (κ1) is 23.3. The van der Waals surface area contributed by atoms with Crippen LogP contribution in [0, 0.1) is 10.8 Å². The number of aliphatic hydroxyl groups is 4. The maximum absolute atomic E-state index is 12.8. The minimum Gasteiger partial charge on any atom is -0.391 e.